The van der Waals surface area contributed by atoms with Crippen molar-refractivity contribution < 1.29 is 4.79 Å². The minimum Gasteiger partial charge on any atom is -0.382 e. The van der Waals surface area contributed by atoms with Gasteiger partial charge in [-0.25, -0.2) is 0 Å². The summed E-state index contributed by atoms with van der Waals surface area (Å²) in [7, 11) is 7.42. The fourth-order valence-electron chi connectivity index (χ4n) is 1.46. The largest absolute Gasteiger partial charge is 0.382 e. The van der Waals surface area contributed by atoms with E-state index in [4.69, 9.17) is 5.26 Å². The third kappa shape index (κ3) is 3.36. The van der Waals surface area contributed by atoms with E-state index >= 15 is 0 Å². The fraction of sp³-hybridized carbons (Fsp3) is 0.286. The van der Waals surface area contributed by atoms with Crippen molar-refractivity contribution in [2.45, 2.75) is 0 Å². The quantitative estimate of drug-likeness (QED) is 0.460. The molecule has 0 fully saturated rings. The summed E-state index contributed by atoms with van der Waals surface area (Å²) < 4.78 is 0. The zero-order chi connectivity index (χ0) is 13.7. The molecule has 0 bridgehead atoms. The highest BCUT2D eigenvalue weighted by Crippen LogP contribution is 2.15. The Labute approximate surface area is 108 Å². The number of anilines is 1. The molecule has 0 amide bonds. The van der Waals surface area contributed by atoms with Gasteiger partial charge in [0.05, 0.1) is 0 Å². The molecule has 0 saturated carbocycles. The Morgan fingerprint density at radius 3 is 2.11 bits per heavy atom. The first-order chi connectivity index (χ1) is 8.45. The maximum absolute atomic E-state index is 12.1. The second-order valence-corrected chi connectivity index (χ2v) is 4.39. The molecular formula is C14H17N3O. The predicted octanol–water partition coefficient (Wildman–Crippen LogP) is 1.90. The average Bonchev–Trinajstić information content (AvgIpc) is 2.35. The van der Waals surface area contributed by atoms with Crippen LogP contribution >= 0.6 is 0 Å². The van der Waals surface area contributed by atoms with E-state index in [0.717, 1.165) is 5.69 Å². The molecule has 0 aliphatic heterocycles. The minimum absolute atomic E-state index is 0.137. The molecule has 0 aliphatic rings. The van der Waals surface area contributed by atoms with Crippen LogP contribution in [0.15, 0.2) is 36.0 Å². The Morgan fingerprint density at radius 1 is 1.17 bits per heavy atom. The molecule has 94 valence electrons. The van der Waals surface area contributed by atoms with Gasteiger partial charge in [-0.05, 0) is 24.3 Å². The minimum atomic E-state index is -0.253. The molecule has 0 unspecified atom stereocenters. The van der Waals surface area contributed by atoms with Gasteiger partial charge >= 0.3 is 0 Å². The van der Waals surface area contributed by atoms with Crippen LogP contribution in [0.25, 0.3) is 0 Å². The van der Waals surface area contributed by atoms with E-state index in [0.29, 0.717) is 5.56 Å². The monoisotopic (exact) mass is 243 g/mol. The van der Waals surface area contributed by atoms with Crippen LogP contribution in [0.4, 0.5) is 5.69 Å². The van der Waals surface area contributed by atoms with E-state index in [1.165, 1.54) is 6.20 Å². The van der Waals surface area contributed by atoms with Gasteiger partial charge in [0.1, 0.15) is 11.6 Å². The average molecular weight is 243 g/mol. The smallest absolute Gasteiger partial charge is 0.205 e. The maximum atomic E-state index is 12.1. The zero-order valence-electron chi connectivity index (χ0n) is 11.1. The molecule has 1 aromatic rings. The topological polar surface area (TPSA) is 47.3 Å². The Balaban J connectivity index is 3.01. The van der Waals surface area contributed by atoms with Crippen molar-refractivity contribution in [2.75, 3.05) is 33.1 Å². The molecule has 4 heteroatoms. The molecular weight excluding hydrogens is 226 g/mol. The summed E-state index contributed by atoms with van der Waals surface area (Å²) in [5.41, 5.74) is 1.68. The van der Waals surface area contributed by atoms with E-state index in [1.54, 1.807) is 31.1 Å². The molecule has 0 aromatic heterocycles. The molecule has 0 saturated heterocycles. The van der Waals surface area contributed by atoms with Crippen LogP contribution in [0.2, 0.25) is 0 Å². The lowest BCUT2D eigenvalue weighted by Gasteiger charge is -2.12. The van der Waals surface area contributed by atoms with Crippen LogP contribution < -0.4 is 4.90 Å². The summed E-state index contributed by atoms with van der Waals surface area (Å²) in [5, 5.41) is 8.98. The standard InChI is InChI=1S/C14H17N3O/c1-16(2)10-12(9-15)14(18)11-5-7-13(8-6-11)17(3)4/h5-8,10H,1-4H3. The van der Waals surface area contributed by atoms with Gasteiger partial charge in [-0.1, -0.05) is 0 Å². The molecule has 4 nitrogen and oxygen atoms in total. The first-order valence-corrected chi connectivity index (χ1v) is 5.56. The van der Waals surface area contributed by atoms with Crippen molar-refractivity contribution >= 4 is 11.5 Å². The zero-order valence-corrected chi connectivity index (χ0v) is 11.1. The predicted molar refractivity (Wildman–Crippen MR) is 72.5 cm³/mol. The number of ketones is 1. The van der Waals surface area contributed by atoms with E-state index in [2.05, 4.69) is 0 Å². The molecule has 1 rings (SSSR count). The van der Waals surface area contributed by atoms with Gasteiger partial charge in [0.2, 0.25) is 5.78 Å². The number of rotatable bonds is 4. The highest BCUT2D eigenvalue weighted by molar-refractivity contribution is 6.11. The molecule has 0 heterocycles. The van der Waals surface area contributed by atoms with Crippen LogP contribution in [-0.4, -0.2) is 38.9 Å². The summed E-state index contributed by atoms with van der Waals surface area (Å²) in [6.07, 6.45) is 1.53. The number of nitriles is 1. The second kappa shape index (κ2) is 5.87. The fourth-order valence-corrected chi connectivity index (χ4v) is 1.46. The van der Waals surface area contributed by atoms with E-state index in [-0.39, 0.29) is 11.4 Å². The lowest BCUT2D eigenvalue weighted by atomic mass is 10.0. The Hall–Kier alpha value is -2.28. The van der Waals surface area contributed by atoms with Gasteiger partial charge in [0.25, 0.3) is 0 Å². The number of nitrogens with zero attached hydrogens (tertiary/aromatic N) is 3. The second-order valence-electron chi connectivity index (χ2n) is 4.39. The molecule has 0 N–H and O–H groups in total. The summed E-state index contributed by atoms with van der Waals surface area (Å²) in [6.45, 7) is 0. The number of hydrogen-bond donors (Lipinski definition) is 0. The lowest BCUT2D eigenvalue weighted by molar-refractivity contribution is 0.103. The van der Waals surface area contributed by atoms with Crippen LogP contribution in [0.5, 0.6) is 0 Å². The third-order valence-electron chi connectivity index (χ3n) is 2.40. The van der Waals surface area contributed by atoms with Gasteiger partial charge in [-0.2, -0.15) is 5.26 Å². The molecule has 0 atom stereocenters. The van der Waals surface area contributed by atoms with E-state index in [1.807, 2.05) is 37.2 Å². The first kappa shape index (κ1) is 13.8. The highest BCUT2D eigenvalue weighted by Gasteiger charge is 2.12. The number of benzene rings is 1. The van der Waals surface area contributed by atoms with Crippen molar-refractivity contribution in [3.05, 3.63) is 41.6 Å². The maximum Gasteiger partial charge on any atom is 0.205 e. The van der Waals surface area contributed by atoms with Crippen molar-refractivity contribution in [3.8, 4) is 6.07 Å². The SMILES string of the molecule is CN(C)C=C(C#N)C(=O)c1ccc(N(C)C)cc1. The lowest BCUT2D eigenvalue weighted by Crippen LogP contribution is -2.10. The normalized spacial score (nSPS) is 10.7. The number of allylic oxidation sites excluding steroid dienone is 1. The number of hydrogen-bond acceptors (Lipinski definition) is 4. The Morgan fingerprint density at radius 2 is 1.72 bits per heavy atom. The van der Waals surface area contributed by atoms with Gasteiger partial charge in [-0.3, -0.25) is 4.79 Å². The van der Waals surface area contributed by atoms with Crippen LogP contribution in [0.1, 0.15) is 10.4 Å². The number of Topliss-reactive ketones (excluding diaryl/α,β-unsaturated/α-hetero) is 1. The van der Waals surface area contributed by atoms with Crippen LogP contribution in [-0.2, 0) is 0 Å². The van der Waals surface area contributed by atoms with Crippen LogP contribution in [0.3, 0.4) is 0 Å². The summed E-state index contributed by atoms with van der Waals surface area (Å²) >= 11 is 0. The van der Waals surface area contributed by atoms with Gasteiger partial charge in [0.15, 0.2) is 0 Å². The first-order valence-electron chi connectivity index (χ1n) is 5.56. The van der Waals surface area contributed by atoms with Crippen LogP contribution in [0, 0.1) is 11.3 Å². The molecule has 1 aromatic carbocycles. The number of carbonyl (C=O) groups is 1. The van der Waals surface area contributed by atoms with E-state index < -0.39 is 0 Å². The highest BCUT2D eigenvalue weighted by atomic mass is 16.1. The van der Waals surface area contributed by atoms with Crippen molar-refractivity contribution in [1.82, 2.24) is 4.90 Å². The Bertz CT molecular complexity index is 493. The summed E-state index contributed by atoms with van der Waals surface area (Å²) in [4.78, 5) is 15.7. The van der Waals surface area contributed by atoms with E-state index in [9.17, 15) is 4.79 Å². The molecule has 18 heavy (non-hydrogen) atoms. The molecule has 0 aliphatic carbocycles. The van der Waals surface area contributed by atoms with Crippen molar-refractivity contribution in [3.63, 3.8) is 0 Å². The van der Waals surface area contributed by atoms with Crippen molar-refractivity contribution in [2.24, 2.45) is 0 Å². The Kier molecular flexibility index (Phi) is 4.50. The van der Waals surface area contributed by atoms with Gasteiger partial charge < -0.3 is 9.80 Å². The number of carbonyl (C=O) groups excluding carboxylic acids is 1. The third-order valence-corrected chi connectivity index (χ3v) is 2.40. The molecule has 0 spiro atoms. The molecule has 0 radical (unpaired) electrons. The summed E-state index contributed by atoms with van der Waals surface area (Å²) in [5.74, 6) is -0.253. The van der Waals surface area contributed by atoms with Gasteiger partial charge in [0, 0.05) is 45.6 Å². The summed E-state index contributed by atoms with van der Waals surface area (Å²) in [6, 6.07) is 9.12. The van der Waals surface area contributed by atoms with Crippen molar-refractivity contribution in [1.29, 1.82) is 5.26 Å². The van der Waals surface area contributed by atoms with Gasteiger partial charge in [-0.15, -0.1) is 0 Å².